The van der Waals surface area contributed by atoms with Gasteiger partial charge < -0.3 is 10.2 Å². The molecule has 0 aliphatic carbocycles. The lowest BCUT2D eigenvalue weighted by molar-refractivity contribution is -0.131. The Bertz CT molecular complexity index is 1620. The smallest absolute Gasteiger partial charge is 0.272 e. The molecule has 0 atom stereocenters. The zero-order valence-corrected chi connectivity index (χ0v) is 21.0. The maximum Gasteiger partial charge on any atom is 0.272 e. The molecule has 1 N–H and O–H groups in total. The van der Waals surface area contributed by atoms with Crippen LogP contribution < -0.4 is 10.9 Å². The summed E-state index contributed by atoms with van der Waals surface area (Å²) in [5.41, 5.74) is 1.84. The summed E-state index contributed by atoms with van der Waals surface area (Å²) >= 11 is 0. The molecule has 0 unspecified atom stereocenters. The first-order chi connectivity index (χ1) is 16.9. The van der Waals surface area contributed by atoms with Gasteiger partial charge in [-0.3, -0.25) is 23.6 Å². The van der Waals surface area contributed by atoms with E-state index in [0.29, 0.717) is 10.9 Å². The molecule has 2 aromatic carbocycles. The molecule has 0 aliphatic rings. The monoisotopic (exact) mass is 484 g/mol. The summed E-state index contributed by atoms with van der Waals surface area (Å²) in [4.78, 5) is 44.6. The second-order valence-corrected chi connectivity index (χ2v) is 9.61. The first kappa shape index (κ1) is 24.6. The molecule has 4 aromatic rings. The van der Waals surface area contributed by atoms with Crippen molar-refractivity contribution in [1.29, 1.82) is 0 Å². The lowest BCUT2D eigenvalue weighted by atomic mass is 10.0. The van der Waals surface area contributed by atoms with Gasteiger partial charge in [0.15, 0.2) is 0 Å². The SMILES string of the molecule is C=C(NC(=O)C(=C)n1cnc2c(-c3ccc4nn(C)cc4c3)cccc2c1=O)C(=O)N(C)C(C)(C)C. The number of carbonyl (C=O) groups excluding carboxylic acids is 2. The Morgan fingerprint density at radius 2 is 1.83 bits per heavy atom. The quantitative estimate of drug-likeness (QED) is 0.438. The number of benzene rings is 2. The van der Waals surface area contributed by atoms with E-state index in [1.165, 1.54) is 11.2 Å². The average Bonchev–Trinajstić information content (AvgIpc) is 3.21. The minimum atomic E-state index is -0.725. The molecule has 2 aromatic heterocycles. The van der Waals surface area contributed by atoms with Gasteiger partial charge in [-0.25, -0.2) is 4.98 Å². The van der Waals surface area contributed by atoms with E-state index in [9.17, 15) is 14.4 Å². The highest BCUT2D eigenvalue weighted by molar-refractivity contribution is 6.15. The number of hydrogen-bond acceptors (Lipinski definition) is 5. The van der Waals surface area contributed by atoms with Crippen molar-refractivity contribution >= 4 is 39.3 Å². The van der Waals surface area contributed by atoms with E-state index in [1.807, 2.05) is 58.3 Å². The van der Waals surface area contributed by atoms with Crippen LogP contribution in [0.5, 0.6) is 0 Å². The molecule has 0 bridgehead atoms. The number of hydrogen-bond donors (Lipinski definition) is 1. The van der Waals surface area contributed by atoms with Crippen molar-refractivity contribution in [3.05, 3.63) is 78.1 Å². The summed E-state index contributed by atoms with van der Waals surface area (Å²) in [5, 5.41) is 8.14. The van der Waals surface area contributed by atoms with E-state index >= 15 is 0 Å². The molecule has 0 saturated heterocycles. The molecule has 0 saturated carbocycles. The number of nitrogens with one attached hydrogen (secondary N) is 1. The number of nitrogens with zero attached hydrogens (tertiary/aromatic N) is 5. The van der Waals surface area contributed by atoms with Gasteiger partial charge in [-0.2, -0.15) is 5.10 Å². The lowest BCUT2D eigenvalue weighted by Crippen LogP contribution is -2.46. The predicted octanol–water partition coefficient (Wildman–Crippen LogP) is 3.31. The zero-order chi connectivity index (χ0) is 26.4. The number of carbonyl (C=O) groups is 2. The topological polar surface area (TPSA) is 102 Å². The van der Waals surface area contributed by atoms with Crippen molar-refractivity contribution in [3.63, 3.8) is 0 Å². The van der Waals surface area contributed by atoms with Crippen LogP contribution in [0, 0.1) is 0 Å². The zero-order valence-electron chi connectivity index (χ0n) is 21.0. The molecule has 2 amide bonds. The molecule has 2 heterocycles. The maximum absolute atomic E-state index is 13.3. The van der Waals surface area contributed by atoms with Crippen LogP contribution in [-0.2, 0) is 16.6 Å². The highest BCUT2D eigenvalue weighted by atomic mass is 16.2. The van der Waals surface area contributed by atoms with Crippen LogP contribution in [0.4, 0.5) is 0 Å². The number of aromatic nitrogens is 4. The Morgan fingerprint density at radius 3 is 2.53 bits per heavy atom. The summed E-state index contributed by atoms with van der Waals surface area (Å²) in [7, 11) is 3.48. The van der Waals surface area contributed by atoms with Crippen molar-refractivity contribution in [2.45, 2.75) is 26.3 Å². The number of rotatable bonds is 5. The fourth-order valence-electron chi connectivity index (χ4n) is 3.77. The van der Waals surface area contributed by atoms with Crippen LogP contribution in [0.1, 0.15) is 20.8 Å². The van der Waals surface area contributed by atoms with Gasteiger partial charge in [0.1, 0.15) is 12.0 Å². The van der Waals surface area contributed by atoms with Gasteiger partial charge in [-0.05, 0) is 44.5 Å². The average molecular weight is 485 g/mol. The van der Waals surface area contributed by atoms with E-state index in [-0.39, 0.29) is 11.4 Å². The largest absolute Gasteiger partial charge is 0.336 e. The van der Waals surface area contributed by atoms with Crippen LogP contribution in [0.3, 0.4) is 0 Å². The Labute approximate surface area is 208 Å². The van der Waals surface area contributed by atoms with Crippen molar-refractivity contribution in [2.24, 2.45) is 7.05 Å². The number of amides is 2. The molecule has 0 fully saturated rings. The van der Waals surface area contributed by atoms with Gasteiger partial charge in [0.05, 0.1) is 22.1 Å². The van der Waals surface area contributed by atoms with Crippen molar-refractivity contribution < 1.29 is 9.59 Å². The lowest BCUT2D eigenvalue weighted by Gasteiger charge is -2.32. The van der Waals surface area contributed by atoms with Crippen LogP contribution in [0.2, 0.25) is 0 Å². The summed E-state index contributed by atoms with van der Waals surface area (Å²) in [6.07, 6.45) is 3.19. The molecular formula is C27H28N6O3. The molecule has 184 valence electrons. The minimum Gasteiger partial charge on any atom is -0.336 e. The molecule has 36 heavy (non-hydrogen) atoms. The van der Waals surface area contributed by atoms with E-state index < -0.39 is 22.9 Å². The van der Waals surface area contributed by atoms with Gasteiger partial charge in [-0.15, -0.1) is 0 Å². The third kappa shape index (κ3) is 4.43. The predicted molar refractivity (Wildman–Crippen MR) is 141 cm³/mol. The number of aryl methyl sites for hydroxylation is 1. The number of fused-ring (bicyclic) bond motifs is 2. The van der Waals surface area contributed by atoms with E-state index in [0.717, 1.165) is 26.6 Å². The Hall–Kier alpha value is -4.53. The van der Waals surface area contributed by atoms with Gasteiger partial charge in [0.2, 0.25) is 0 Å². The van der Waals surface area contributed by atoms with Crippen molar-refractivity contribution in [2.75, 3.05) is 7.05 Å². The molecule has 4 rings (SSSR count). The normalized spacial score (nSPS) is 11.5. The standard InChI is InChI=1S/C27H28N6O3/c1-16(25(35)32(7)27(3,4)5)29-24(34)17(2)33-15-28-23-20(9-8-10-21(23)26(33)36)18-11-12-22-19(13-18)14-31(6)30-22/h8-15H,1-2H2,3-7H3,(H,29,34). The van der Waals surface area contributed by atoms with E-state index in [1.54, 1.807) is 23.9 Å². The third-order valence-electron chi connectivity index (χ3n) is 6.10. The number of likely N-dealkylation sites (N-methyl/N-ethyl adjacent to an activating group) is 1. The van der Waals surface area contributed by atoms with Crippen LogP contribution in [-0.4, -0.2) is 48.6 Å². The maximum atomic E-state index is 13.3. The Balaban J connectivity index is 1.65. The summed E-state index contributed by atoms with van der Waals surface area (Å²) in [6, 6.07) is 11.2. The van der Waals surface area contributed by atoms with Gasteiger partial charge >= 0.3 is 0 Å². The summed E-state index contributed by atoms with van der Waals surface area (Å²) in [6.45, 7) is 13.0. The molecular weight excluding hydrogens is 456 g/mol. The Kier molecular flexibility index (Phi) is 6.09. The fourth-order valence-corrected chi connectivity index (χ4v) is 3.77. The van der Waals surface area contributed by atoms with Gasteiger partial charge in [0.25, 0.3) is 17.4 Å². The summed E-state index contributed by atoms with van der Waals surface area (Å²) < 4.78 is 2.81. The van der Waals surface area contributed by atoms with E-state index in [2.05, 4.69) is 28.6 Å². The molecule has 0 radical (unpaired) electrons. The van der Waals surface area contributed by atoms with E-state index in [4.69, 9.17) is 0 Å². The van der Waals surface area contributed by atoms with Gasteiger partial charge in [-0.1, -0.05) is 31.4 Å². The molecule has 0 spiro atoms. The molecule has 9 heteroatoms. The van der Waals surface area contributed by atoms with Crippen LogP contribution in [0.25, 0.3) is 38.6 Å². The minimum absolute atomic E-state index is 0.117. The second-order valence-electron chi connectivity index (χ2n) is 9.61. The molecule has 9 nitrogen and oxygen atoms in total. The van der Waals surface area contributed by atoms with Crippen molar-refractivity contribution in [1.82, 2.24) is 29.5 Å². The molecule has 0 aliphatic heterocycles. The highest BCUT2D eigenvalue weighted by Gasteiger charge is 2.26. The highest BCUT2D eigenvalue weighted by Crippen LogP contribution is 2.28. The number of para-hydroxylation sites is 1. The second kappa shape index (κ2) is 8.92. The summed E-state index contributed by atoms with van der Waals surface area (Å²) in [5.74, 6) is -1.17. The van der Waals surface area contributed by atoms with Gasteiger partial charge in [0, 0.05) is 36.8 Å². The fraction of sp³-hybridized carbons (Fsp3) is 0.222. The first-order valence-corrected chi connectivity index (χ1v) is 11.3. The van der Waals surface area contributed by atoms with Crippen molar-refractivity contribution in [3.8, 4) is 11.1 Å². The Morgan fingerprint density at radius 1 is 1.11 bits per heavy atom. The van der Waals surface area contributed by atoms with Crippen LogP contribution >= 0.6 is 0 Å². The van der Waals surface area contributed by atoms with Crippen LogP contribution in [0.15, 0.2) is 72.6 Å². The first-order valence-electron chi connectivity index (χ1n) is 11.3. The third-order valence-corrected chi connectivity index (χ3v) is 6.10.